The summed E-state index contributed by atoms with van der Waals surface area (Å²) in [6, 6.07) is 10.1. The van der Waals surface area contributed by atoms with Crippen LogP contribution in [-0.2, 0) is 17.6 Å². The second kappa shape index (κ2) is 4.60. The quantitative estimate of drug-likeness (QED) is 0.830. The molecule has 106 valence electrons. The first-order valence-corrected chi connectivity index (χ1v) is 7.10. The molecular formula is C17H15NO3. The maximum atomic E-state index is 10.6. The Kier molecular flexibility index (Phi) is 2.72. The van der Waals surface area contributed by atoms with Gasteiger partial charge in [-0.2, -0.15) is 0 Å². The molecule has 4 rings (SSSR count). The molecule has 2 N–H and O–H groups in total. The largest absolute Gasteiger partial charge is 0.504 e. The molecule has 4 nitrogen and oxygen atoms in total. The van der Waals surface area contributed by atoms with Gasteiger partial charge in [0.2, 0.25) is 0 Å². The number of ether oxygens (including phenoxy) is 1. The van der Waals surface area contributed by atoms with Gasteiger partial charge in [-0.15, -0.1) is 0 Å². The van der Waals surface area contributed by atoms with Crippen molar-refractivity contribution in [1.82, 2.24) is 5.32 Å². The van der Waals surface area contributed by atoms with E-state index in [4.69, 9.17) is 4.74 Å². The van der Waals surface area contributed by atoms with Crippen molar-refractivity contribution in [2.45, 2.75) is 18.9 Å². The van der Waals surface area contributed by atoms with Gasteiger partial charge in [-0.3, -0.25) is 4.79 Å². The minimum atomic E-state index is 0.0528. The summed E-state index contributed by atoms with van der Waals surface area (Å²) in [5.74, 6) is 0.264. The van der Waals surface area contributed by atoms with E-state index in [1.807, 2.05) is 18.2 Å². The van der Waals surface area contributed by atoms with Crippen LogP contribution in [0.2, 0.25) is 0 Å². The molecule has 0 amide bonds. The number of fused-ring (bicyclic) bond motifs is 2. The third-order valence-electron chi connectivity index (χ3n) is 4.43. The van der Waals surface area contributed by atoms with Crippen LogP contribution in [0.1, 0.15) is 22.7 Å². The normalized spacial score (nSPS) is 18.6. The fourth-order valence-electron chi connectivity index (χ4n) is 3.57. The first-order chi connectivity index (χ1) is 10.3. The van der Waals surface area contributed by atoms with Crippen LogP contribution in [0.15, 0.2) is 30.3 Å². The van der Waals surface area contributed by atoms with Crippen LogP contribution in [0, 0.1) is 0 Å². The third-order valence-corrected chi connectivity index (χ3v) is 4.43. The second-order valence-corrected chi connectivity index (χ2v) is 5.50. The summed E-state index contributed by atoms with van der Waals surface area (Å²) in [6.45, 7) is 1.32. The average molecular weight is 281 g/mol. The molecule has 0 radical (unpaired) electrons. The second-order valence-electron chi connectivity index (χ2n) is 5.50. The van der Waals surface area contributed by atoms with Crippen molar-refractivity contribution in [2.75, 3.05) is 6.54 Å². The Morgan fingerprint density at radius 1 is 1.24 bits per heavy atom. The number of phenolic OH excluding ortho intramolecular Hbond substituents is 1. The predicted molar refractivity (Wildman–Crippen MR) is 78.4 cm³/mol. The SMILES string of the molecule is O=COc1ccc2c(c1O)-c1cccc3c1C(C2)NCC3. The van der Waals surface area contributed by atoms with Crippen LogP contribution >= 0.6 is 0 Å². The summed E-state index contributed by atoms with van der Waals surface area (Å²) in [7, 11) is 0. The maximum Gasteiger partial charge on any atom is 0.298 e. The summed E-state index contributed by atoms with van der Waals surface area (Å²) in [5, 5.41) is 14.0. The Morgan fingerprint density at radius 3 is 3.00 bits per heavy atom. The molecule has 0 saturated carbocycles. The van der Waals surface area contributed by atoms with Crippen LogP contribution in [-0.4, -0.2) is 18.1 Å². The molecule has 0 spiro atoms. The van der Waals surface area contributed by atoms with Gasteiger partial charge in [-0.1, -0.05) is 24.3 Å². The van der Waals surface area contributed by atoms with E-state index in [2.05, 4.69) is 11.4 Å². The van der Waals surface area contributed by atoms with Crippen molar-refractivity contribution in [1.29, 1.82) is 0 Å². The van der Waals surface area contributed by atoms with E-state index in [1.165, 1.54) is 11.1 Å². The molecule has 2 aromatic rings. The maximum absolute atomic E-state index is 10.6. The van der Waals surface area contributed by atoms with Gasteiger partial charge < -0.3 is 15.2 Å². The first-order valence-electron chi connectivity index (χ1n) is 7.10. The summed E-state index contributed by atoms with van der Waals surface area (Å²) >= 11 is 0. The highest BCUT2D eigenvalue weighted by atomic mass is 16.5. The molecular weight excluding hydrogens is 266 g/mol. The van der Waals surface area contributed by atoms with E-state index in [1.54, 1.807) is 6.07 Å². The highest BCUT2D eigenvalue weighted by Gasteiger charge is 2.31. The van der Waals surface area contributed by atoms with Crippen LogP contribution in [0.4, 0.5) is 0 Å². The number of benzene rings is 2. The Hall–Kier alpha value is -2.33. The molecule has 4 heteroatoms. The molecule has 0 aromatic heterocycles. The molecule has 1 unspecified atom stereocenters. The third kappa shape index (κ3) is 1.76. The highest BCUT2D eigenvalue weighted by molar-refractivity contribution is 5.82. The molecule has 21 heavy (non-hydrogen) atoms. The Morgan fingerprint density at radius 2 is 2.14 bits per heavy atom. The summed E-state index contributed by atoms with van der Waals surface area (Å²) in [4.78, 5) is 10.6. The first kappa shape index (κ1) is 12.4. The number of rotatable bonds is 2. The van der Waals surface area contributed by atoms with Gasteiger partial charge in [-0.05, 0) is 47.7 Å². The van der Waals surface area contributed by atoms with Crippen LogP contribution in [0.25, 0.3) is 11.1 Å². The molecule has 0 bridgehead atoms. The van der Waals surface area contributed by atoms with Crippen molar-refractivity contribution in [3.63, 3.8) is 0 Å². The van der Waals surface area contributed by atoms with Crippen molar-refractivity contribution in [2.24, 2.45) is 0 Å². The Labute approximate surface area is 122 Å². The van der Waals surface area contributed by atoms with E-state index in [-0.39, 0.29) is 11.5 Å². The van der Waals surface area contributed by atoms with Crippen LogP contribution in [0.3, 0.4) is 0 Å². The molecule has 1 aliphatic heterocycles. The number of hydrogen-bond donors (Lipinski definition) is 2. The van der Waals surface area contributed by atoms with Crippen molar-refractivity contribution in [3.8, 4) is 22.6 Å². The minimum absolute atomic E-state index is 0.0528. The van der Waals surface area contributed by atoms with Gasteiger partial charge >= 0.3 is 0 Å². The van der Waals surface area contributed by atoms with E-state index in [9.17, 15) is 9.90 Å². The number of aromatic hydroxyl groups is 1. The number of carbonyl (C=O) groups is 1. The van der Waals surface area contributed by atoms with Gasteiger partial charge in [0.25, 0.3) is 6.47 Å². The Bertz CT molecular complexity index is 739. The molecule has 2 aliphatic rings. The fourth-order valence-corrected chi connectivity index (χ4v) is 3.57. The zero-order valence-electron chi connectivity index (χ0n) is 11.4. The molecule has 0 saturated heterocycles. The van der Waals surface area contributed by atoms with E-state index in [0.29, 0.717) is 12.5 Å². The monoisotopic (exact) mass is 281 g/mol. The Balaban J connectivity index is 1.98. The number of carbonyl (C=O) groups excluding carboxylic acids is 1. The lowest BCUT2D eigenvalue weighted by atomic mass is 9.77. The number of hydrogen-bond acceptors (Lipinski definition) is 4. The lowest BCUT2D eigenvalue weighted by Gasteiger charge is -2.34. The molecule has 0 fully saturated rings. The smallest absolute Gasteiger partial charge is 0.298 e. The summed E-state index contributed by atoms with van der Waals surface area (Å²) < 4.78 is 4.87. The number of nitrogens with one attached hydrogen (secondary N) is 1. The van der Waals surface area contributed by atoms with Crippen molar-refractivity contribution >= 4 is 6.47 Å². The lowest BCUT2D eigenvalue weighted by molar-refractivity contribution is -0.120. The molecule has 2 aromatic carbocycles. The van der Waals surface area contributed by atoms with Crippen molar-refractivity contribution in [3.05, 3.63) is 47.0 Å². The number of phenols is 1. The topological polar surface area (TPSA) is 58.6 Å². The predicted octanol–water partition coefficient (Wildman–Crippen LogP) is 2.34. The summed E-state index contributed by atoms with van der Waals surface area (Å²) in [6.07, 6.45) is 1.84. The van der Waals surface area contributed by atoms with E-state index >= 15 is 0 Å². The highest BCUT2D eigenvalue weighted by Crippen LogP contribution is 2.48. The van der Waals surface area contributed by atoms with Gasteiger partial charge in [0.1, 0.15) is 0 Å². The van der Waals surface area contributed by atoms with Crippen LogP contribution in [0.5, 0.6) is 11.5 Å². The van der Waals surface area contributed by atoms with Gasteiger partial charge in [-0.25, -0.2) is 0 Å². The van der Waals surface area contributed by atoms with Crippen LogP contribution < -0.4 is 10.1 Å². The molecule has 1 atom stereocenters. The molecule has 1 heterocycles. The minimum Gasteiger partial charge on any atom is -0.504 e. The fraction of sp³-hybridized carbons (Fsp3) is 0.235. The standard InChI is InChI=1S/C17H15NO3/c19-9-21-14-5-4-11-8-13-15-10(6-7-18-13)2-1-3-12(15)16(11)17(14)20/h1-5,9,13,18,20H,6-8H2. The van der Waals surface area contributed by atoms with E-state index < -0.39 is 0 Å². The lowest BCUT2D eigenvalue weighted by Crippen LogP contribution is -2.33. The average Bonchev–Trinajstić information content (AvgIpc) is 2.51. The summed E-state index contributed by atoms with van der Waals surface area (Å²) in [5.41, 5.74) is 5.53. The van der Waals surface area contributed by atoms with Gasteiger partial charge in [0.05, 0.1) is 0 Å². The van der Waals surface area contributed by atoms with E-state index in [0.717, 1.165) is 36.1 Å². The molecule has 1 aliphatic carbocycles. The zero-order chi connectivity index (χ0) is 14.4. The zero-order valence-corrected chi connectivity index (χ0v) is 11.4. The van der Waals surface area contributed by atoms with Crippen molar-refractivity contribution < 1.29 is 14.6 Å². The van der Waals surface area contributed by atoms with Gasteiger partial charge in [0, 0.05) is 11.6 Å². The van der Waals surface area contributed by atoms with Gasteiger partial charge in [0.15, 0.2) is 11.5 Å².